The molecule has 0 spiro atoms. The molecule has 0 atom stereocenters. The Balaban J connectivity index is 2.24. The predicted octanol–water partition coefficient (Wildman–Crippen LogP) is 4.57. The van der Waals surface area contributed by atoms with Crippen molar-refractivity contribution in [1.82, 2.24) is 4.98 Å². The Hall–Kier alpha value is -1.25. The minimum atomic E-state index is 0.386. The first-order valence-electron chi connectivity index (χ1n) is 5.14. The molecule has 0 amide bonds. The maximum Gasteiger partial charge on any atom is 0.238 e. The number of rotatable bonds is 3. The third kappa shape index (κ3) is 3.11. The highest BCUT2D eigenvalue weighted by Gasteiger charge is 2.06. The SMILES string of the molecule is Cc1cccc(Oc2ncc(CCl)cc2Cl)c1. The summed E-state index contributed by atoms with van der Waals surface area (Å²) in [6.07, 6.45) is 1.66. The standard InChI is InChI=1S/C13H11Cl2NO/c1-9-3-2-4-11(5-9)17-13-12(15)6-10(7-14)8-16-13/h2-6,8H,7H2,1H3. The van der Waals surface area contributed by atoms with Gasteiger partial charge in [-0.25, -0.2) is 4.98 Å². The first kappa shape index (κ1) is 12.2. The van der Waals surface area contributed by atoms with Crippen LogP contribution in [0.1, 0.15) is 11.1 Å². The Labute approximate surface area is 110 Å². The van der Waals surface area contributed by atoms with E-state index < -0.39 is 0 Å². The summed E-state index contributed by atoms with van der Waals surface area (Å²) >= 11 is 11.7. The van der Waals surface area contributed by atoms with Gasteiger partial charge in [0.25, 0.3) is 0 Å². The zero-order valence-corrected chi connectivity index (χ0v) is 10.8. The zero-order valence-electron chi connectivity index (χ0n) is 9.28. The van der Waals surface area contributed by atoms with Crippen LogP contribution in [0.3, 0.4) is 0 Å². The molecule has 17 heavy (non-hydrogen) atoms. The topological polar surface area (TPSA) is 22.1 Å². The van der Waals surface area contributed by atoms with Gasteiger partial charge >= 0.3 is 0 Å². The van der Waals surface area contributed by atoms with Gasteiger partial charge in [-0.15, -0.1) is 11.6 Å². The normalized spacial score (nSPS) is 10.3. The fourth-order valence-electron chi connectivity index (χ4n) is 1.40. The Morgan fingerprint density at radius 3 is 2.76 bits per heavy atom. The maximum atomic E-state index is 6.05. The van der Waals surface area contributed by atoms with Gasteiger partial charge in [0.1, 0.15) is 10.8 Å². The van der Waals surface area contributed by atoms with Crippen molar-refractivity contribution >= 4 is 23.2 Å². The Kier molecular flexibility index (Phi) is 3.87. The molecule has 0 saturated heterocycles. The van der Waals surface area contributed by atoms with Crippen molar-refractivity contribution in [3.63, 3.8) is 0 Å². The second-order valence-electron chi connectivity index (χ2n) is 3.68. The average Bonchev–Trinajstić information content (AvgIpc) is 2.32. The number of hydrogen-bond acceptors (Lipinski definition) is 2. The quantitative estimate of drug-likeness (QED) is 0.760. The number of alkyl halides is 1. The Bertz CT molecular complexity index is 529. The molecule has 88 valence electrons. The van der Waals surface area contributed by atoms with Crippen LogP contribution in [0.25, 0.3) is 0 Å². The van der Waals surface area contributed by atoms with Crippen molar-refractivity contribution < 1.29 is 4.74 Å². The number of aromatic nitrogens is 1. The van der Waals surface area contributed by atoms with Gasteiger partial charge in [0.15, 0.2) is 0 Å². The van der Waals surface area contributed by atoms with Crippen molar-refractivity contribution in [3.8, 4) is 11.6 Å². The maximum absolute atomic E-state index is 6.05. The smallest absolute Gasteiger partial charge is 0.238 e. The van der Waals surface area contributed by atoms with E-state index in [1.807, 2.05) is 31.2 Å². The molecule has 0 N–H and O–H groups in total. The second-order valence-corrected chi connectivity index (χ2v) is 4.36. The fourth-order valence-corrected chi connectivity index (χ4v) is 1.78. The van der Waals surface area contributed by atoms with E-state index in [-0.39, 0.29) is 0 Å². The number of nitrogens with zero attached hydrogens (tertiary/aromatic N) is 1. The number of halogens is 2. The van der Waals surface area contributed by atoms with Gasteiger partial charge in [-0.2, -0.15) is 0 Å². The lowest BCUT2D eigenvalue weighted by molar-refractivity contribution is 0.462. The van der Waals surface area contributed by atoms with E-state index in [1.54, 1.807) is 12.3 Å². The third-order valence-corrected chi connectivity index (χ3v) is 2.80. The van der Waals surface area contributed by atoms with E-state index in [0.29, 0.717) is 16.8 Å². The number of hydrogen-bond donors (Lipinski definition) is 0. The van der Waals surface area contributed by atoms with E-state index in [0.717, 1.165) is 16.9 Å². The van der Waals surface area contributed by atoms with Gasteiger partial charge in [-0.1, -0.05) is 23.7 Å². The summed E-state index contributed by atoms with van der Waals surface area (Å²) in [6.45, 7) is 2.00. The molecule has 0 bridgehead atoms. The first-order valence-corrected chi connectivity index (χ1v) is 6.05. The van der Waals surface area contributed by atoms with Crippen LogP contribution in [-0.2, 0) is 5.88 Å². The third-order valence-electron chi connectivity index (χ3n) is 2.22. The van der Waals surface area contributed by atoms with Crippen molar-refractivity contribution in [2.75, 3.05) is 0 Å². The summed E-state index contributed by atoms with van der Waals surface area (Å²) in [7, 11) is 0. The van der Waals surface area contributed by atoms with Crippen LogP contribution in [0.15, 0.2) is 36.5 Å². The zero-order chi connectivity index (χ0) is 12.3. The second kappa shape index (κ2) is 5.39. The summed E-state index contributed by atoms with van der Waals surface area (Å²) < 4.78 is 5.60. The molecule has 4 heteroatoms. The lowest BCUT2D eigenvalue weighted by atomic mass is 10.2. The lowest BCUT2D eigenvalue weighted by Crippen LogP contribution is -1.91. The van der Waals surface area contributed by atoms with Gasteiger partial charge in [-0.05, 0) is 36.2 Å². The molecule has 0 fully saturated rings. The molecule has 2 nitrogen and oxygen atoms in total. The average molecular weight is 268 g/mol. The molecule has 1 aromatic carbocycles. The molecular weight excluding hydrogens is 257 g/mol. The van der Waals surface area contributed by atoms with Crippen molar-refractivity contribution in [2.45, 2.75) is 12.8 Å². The van der Waals surface area contributed by atoms with E-state index in [4.69, 9.17) is 27.9 Å². The molecule has 0 unspecified atom stereocenters. The van der Waals surface area contributed by atoms with Crippen LogP contribution in [-0.4, -0.2) is 4.98 Å². The monoisotopic (exact) mass is 267 g/mol. The van der Waals surface area contributed by atoms with Crippen molar-refractivity contribution in [3.05, 3.63) is 52.7 Å². The lowest BCUT2D eigenvalue weighted by Gasteiger charge is -2.07. The molecule has 1 aromatic heterocycles. The van der Waals surface area contributed by atoms with Crippen LogP contribution in [0.4, 0.5) is 0 Å². The molecule has 2 rings (SSSR count). The van der Waals surface area contributed by atoms with E-state index in [2.05, 4.69) is 4.98 Å². The molecule has 0 aliphatic carbocycles. The summed E-state index contributed by atoms with van der Waals surface area (Å²) in [4.78, 5) is 4.14. The van der Waals surface area contributed by atoms with E-state index >= 15 is 0 Å². The number of aryl methyl sites for hydroxylation is 1. The summed E-state index contributed by atoms with van der Waals surface area (Å²) in [5.41, 5.74) is 1.99. The van der Waals surface area contributed by atoms with E-state index in [1.165, 1.54) is 0 Å². The molecule has 0 radical (unpaired) electrons. The van der Waals surface area contributed by atoms with Gasteiger partial charge in [0.05, 0.1) is 0 Å². The van der Waals surface area contributed by atoms with E-state index in [9.17, 15) is 0 Å². The number of benzene rings is 1. The van der Waals surface area contributed by atoms with Crippen LogP contribution in [0, 0.1) is 6.92 Å². The van der Waals surface area contributed by atoms with Gasteiger partial charge < -0.3 is 4.74 Å². The molecule has 0 saturated carbocycles. The summed E-state index contributed by atoms with van der Waals surface area (Å²) in [6, 6.07) is 9.46. The fraction of sp³-hybridized carbons (Fsp3) is 0.154. The number of pyridine rings is 1. The highest BCUT2D eigenvalue weighted by atomic mass is 35.5. The van der Waals surface area contributed by atoms with Crippen molar-refractivity contribution in [1.29, 1.82) is 0 Å². The van der Waals surface area contributed by atoms with Gasteiger partial charge in [0.2, 0.25) is 5.88 Å². The van der Waals surface area contributed by atoms with Crippen LogP contribution >= 0.6 is 23.2 Å². The molecule has 2 aromatic rings. The van der Waals surface area contributed by atoms with Gasteiger partial charge in [0, 0.05) is 12.1 Å². The highest BCUT2D eigenvalue weighted by molar-refractivity contribution is 6.32. The van der Waals surface area contributed by atoms with Gasteiger partial charge in [-0.3, -0.25) is 0 Å². The largest absolute Gasteiger partial charge is 0.438 e. The van der Waals surface area contributed by atoms with Crippen LogP contribution < -0.4 is 4.74 Å². The minimum absolute atomic E-state index is 0.386. The van der Waals surface area contributed by atoms with Crippen molar-refractivity contribution in [2.24, 2.45) is 0 Å². The highest BCUT2D eigenvalue weighted by Crippen LogP contribution is 2.28. The minimum Gasteiger partial charge on any atom is -0.438 e. The Morgan fingerprint density at radius 1 is 1.29 bits per heavy atom. The first-order chi connectivity index (χ1) is 8.19. The van der Waals surface area contributed by atoms with Crippen LogP contribution in [0.2, 0.25) is 5.02 Å². The summed E-state index contributed by atoms with van der Waals surface area (Å²) in [5.74, 6) is 1.50. The number of ether oxygens (including phenoxy) is 1. The molecule has 0 aliphatic rings. The molecule has 1 heterocycles. The molecular formula is C13H11Cl2NO. The Morgan fingerprint density at radius 2 is 2.12 bits per heavy atom. The summed E-state index contributed by atoms with van der Waals surface area (Å²) in [5, 5.41) is 0.463. The predicted molar refractivity (Wildman–Crippen MR) is 70.1 cm³/mol. The van der Waals surface area contributed by atoms with Crippen LogP contribution in [0.5, 0.6) is 11.6 Å². The molecule has 0 aliphatic heterocycles.